The van der Waals surface area contributed by atoms with Gasteiger partial charge in [0.2, 0.25) is 0 Å². The van der Waals surface area contributed by atoms with Gasteiger partial charge >= 0.3 is 0 Å². The molecule has 0 saturated heterocycles. The smallest absolute Gasteiger partial charge is 0.152 e. The van der Waals surface area contributed by atoms with Crippen LogP contribution in [0, 0.1) is 6.92 Å². The number of benzene rings is 1. The maximum absolute atomic E-state index is 5.27. The zero-order valence-electron chi connectivity index (χ0n) is 12.0. The summed E-state index contributed by atoms with van der Waals surface area (Å²) in [5, 5.41) is 12.0. The van der Waals surface area contributed by atoms with Crippen LogP contribution < -0.4 is 10.1 Å². The van der Waals surface area contributed by atoms with Gasteiger partial charge in [0.1, 0.15) is 11.6 Å². The van der Waals surface area contributed by atoms with Crippen LogP contribution in [0.3, 0.4) is 0 Å². The third-order valence-corrected chi connectivity index (χ3v) is 3.78. The van der Waals surface area contributed by atoms with E-state index in [1.54, 1.807) is 7.11 Å². The summed E-state index contributed by atoms with van der Waals surface area (Å²) in [6, 6.07) is 6.10. The molecule has 0 spiro atoms. The van der Waals surface area contributed by atoms with Gasteiger partial charge in [0.05, 0.1) is 13.7 Å². The topological polar surface area (TPSA) is 52.0 Å². The largest absolute Gasteiger partial charge is 0.496 e. The Labute approximate surface area is 119 Å². The zero-order valence-corrected chi connectivity index (χ0v) is 12.0. The second kappa shape index (κ2) is 5.53. The van der Waals surface area contributed by atoms with Crippen molar-refractivity contribution < 1.29 is 4.74 Å². The SMILES string of the molecule is COc1ccc(NCc2nnc3n2CCCC3)cc1C. The van der Waals surface area contributed by atoms with Gasteiger partial charge in [0.15, 0.2) is 5.82 Å². The van der Waals surface area contributed by atoms with E-state index in [4.69, 9.17) is 4.74 Å². The van der Waals surface area contributed by atoms with Crippen LogP contribution in [0.5, 0.6) is 5.75 Å². The van der Waals surface area contributed by atoms with E-state index in [1.807, 2.05) is 19.1 Å². The number of methoxy groups -OCH3 is 1. The Bertz CT molecular complexity index is 606. The van der Waals surface area contributed by atoms with E-state index in [9.17, 15) is 0 Å². The van der Waals surface area contributed by atoms with Crippen LogP contribution >= 0.6 is 0 Å². The van der Waals surface area contributed by atoms with Crippen LogP contribution in [0.2, 0.25) is 0 Å². The lowest BCUT2D eigenvalue weighted by molar-refractivity contribution is 0.412. The molecule has 0 saturated carbocycles. The van der Waals surface area contributed by atoms with E-state index in [0.29, 0.717) is 6.54 Å². The lowest BCUT2D eigenvalue weighted by Crippen LogP contribution is -2.15. The summed E-state index contributed by atoms with van der Waals surface area (Å²) in [7, 11) is 1.69. The van der Waals surface area contributed by atoms with Crippen molar-refractivity contribution in [3.63, 3.8) is 0 Å². The summed E-state index contributed by atoms with van der Waals surface area (Å²) in [5.41, 5.74) is 2.21. The molecule has 5 heteroatoms. The summed E-state index contributed by atoms with van der Waals surface area (Å²) in [6.45, 7) is 3.79. The number of nitrogens with zero attached hydrogens (tertiary/aromatic N) is 3. The molecule has 0 bridgehead atoms. The molecule has 0 fully saturated rings. The minimum Gasteiger partial charge on any atom is -0.496 e. The monoisotopic (exact) mass is 272 g/mol. The summed E-state index contributed by atoms with van der Waals surface area (Å²) in [5.74, 6) is 3.06. The Kier molecular flexibility index (Phi) is 3.58. The molecule has 20 heavy (non-hydrogen) atoms. The number of aryl methyl sites for hydroxylation is 2. The molecule has 2 heterocycles. The van der Waals surface area contributed by atoms with Crippen LogP contribution in [-0.4, -0.2) is 21.9 Å². The molecule has 1 aromatic carbocycles. The Morgan fingerprint density at radius 3 is 3.00 bits per heavy atom. The third kappa shape index (κ3) is 2.48. The van der Waals surface area contributed by atoms with E-state index >= 15 is 0 Å². The average Bonchev–Trinajstić information content (AvgIpc) is 2.88. The lowest BCUT2D eigenvalue weighted by atomic mass is 10.1. The fourth-order valence-electron chi connectivity index (χ4n) is 2.67. The Morgan fingerprint density at radius 1 is 1.30 bits per heavy atom. The van der Waals surface area contributed by atoms with Gasteiger partial charge in [0.25, 0.3) is 0 Å². The molecule has 1 aliphatic rings. The minimum atomic E-state index is 0.707. The first kappa shape index (κ1) is 13.0. The fraction of sp³-hybridized carbons (Fsp3) is 0.467. The second-order valence-corrected chi connectivity index (χ2v) is 5.18. The molecule has 3 rings (SSSR count). The molecular weight excluding hydrogens is 252 g/mol. The van der Waals surface area contributed by atoms with Crippen molar-refractivity contribution in [2.24, 2.45) is 0 Å². The van der Waals surface area contributed by atoms with E-state index in [2.05, 4.69) is 26.1 Å². The number of rotatable bonds is 4. The summed E-state index contributed by atoms with van der Waals surface area (Å²) in [4.78, 5) is 0. The van der Waals surface area contributed by atoms with Crippen molar-refractivity contribution in [3.8, 4) is 5.75 Å². The number of ether oxygens (including phenoxy) is 1. The van der Waals surface area contributed by atoms with Crippen LogP contribution in [-0.2, 0) is 19.5 Å². The molecule has 0 amide bonds. The number of aromatic nitrogens is 3. The second-order valence-electron chi connectivity index (χ2n) is 5.18. The summed E-state index contributed by atoms with van der Waals surface area (Å²) < 4.78 is 7.51. The predicted octanol–water partition coefficient (Wildman–Crippen LogP) is 2.54. The molecule has 2 aromatic rings. The summed E-state index contributed by atoms with van der Waals surface area (Å²) >= 11 is 0. The third-order valence-electron chi connectivity index (χ3n) is 3.78. The van der Waals surface area contributed by atoms with Crippen LogP contribution in [0.4, 0.5) is 5.69 Å². The number of anilines is 1. The molecule has 0 unspecified atom stereocenters. The van der Waals surface area contributed by atoms with E-state index < -0.39 is 0 Å². The van der Waals surface area contributed by atoms with Gasteiger partial charge in [0, 0.05) is 18.7 Å². The molecule has 1 aromatic heterocycles. The first-order valence-electron chi connectivity index (χ1n) is 7.07. The van der Waals surface area contributed by atoms with Crippen LogP contribution in [0.1, 0.15) is 30.1 Å². The van der Waals surface area contributed by atoms with E-state index in [0.717, 1.165) is 41.6 Å². The van der Waals surface area contributed by atoms with Gasteiger partial charge in [-0.05, 0) is 43.5 Å². The van der Waals surface area contributed by atoms with Crippen molar-refractivity contribution in [2.75, 3.05) is 12.4 Å². The zero-order chi connectivity index (χ0) is 13.9. The van der Waals surface area contributed by atoms with Gasteiger partial charge in [-0.3, -0.25) is 0 Å². The van der Waals surface area contributed by atoms with Gasteiger partial charge in [-0.1, -0.05) is 0 Å². The minimum absolute atomic E-state index is 0.707. The Morgan fingerprint density at radius 2 is 2.20 bits per heavy atom. The Balaban J connectivity index is 1.70. The maximum Gasteiger partial charge on any atom is 0.152 e. The number of hydrogen-bond acceptors (Lipinski definition) is 4. The number of fused-ring (bicyclic) bond motifs is 1. The lowest BCUT2D eigenvalue weighted by Gasteiger charge is -2.15. The van der Waals surface area contributed by atoms with Crippen LogP contribution in [0.15, 0.2) is 18.2 Å². The molecule has 5 nitrogen and oxygen atoms in total. The molecule has 1 N–H and O–H groups in total. The highest BCUT2D eigenvalue weighted by Crippen LogP contribution is 2.22. The van der Waals surface area contributed by atoms with Crippen molar-refractivity contribution in [1.82, 2.24) is 14.8 Å². The molecule has 0 radical (unpaired) electrons. The highest BCUT2D eigenvalue weighted by atomic mass is 16.5. The standard InChI is InChI=1S/C15H20N4O/c1-11-9-12(6-7-13(11)20-2)16-10-15-18-17-14-5-3-4-8-19(14)15/h6-7,9,16H,3-5,8,10H2,1-2H3. The fourth-order valence-corrected chi connectivity index (χ4v) is 2.67. The molecule has 106 valence electrons. The molecule has 1 aliphatic heterocycles. The van der Waals surface area contributed by atoms with E-state index in [-0.39, 0.29) is 0 Å². The first-order valence-corrected chi connectivity index (χ1v) is 7.07. The van der Waals surface area contributed by atoms with Crippen LogP contribution in [0.25, 0.3) is 0 Å². The van der Waals surface area contributed by atoms with Gasteiger partial charge in [-0.25, -0.2) is 0 Å². The predicted molar refractivity (Wildman–Crippen MR) is 78.0 cm³/mol. The van der Waals surface area contributed by atoms with Gasteiger partial charge in [-0.15, -0.1) is 10.2 Å². The quantitative estimate of drug-likeness (QED) is 0.929. The van der Waals surface area contributed by atoms with Crippen molar-refractivity contribution in [1.29, 1.82) is 0 Å². The molecule has 0 atom stereocenters. The van der Waals surface area contributed by atoms with Gasteiger partial charge in [-0.2, -0.15) is 0 Å². The highest BCUT2D eigenvalue weighted by Gasteiger charge is 2.15. The first-order chi connectivity index (χ1) is 9.78. The Hall–Kier alpha value is -2.04. The summed E-state index contributed by atoms with van der Waals surface area (Å²) in [6.07, 6.45) is 3.50. The van der Waals surface area contributed by atoms with Crippen molar-refractivity contribution in [2.45, 2.75) is 39.3 Å². The van der Waals surface area contributed by atoms with E-state index in [1.165, 1.54) is 12.8 Å². The highest BCUT2D eigenvalue weighted by molar-refractivity contribution is 5.50. The maximum atomic E-state index is 5.27. The van der Waals surface area contributed by atoms with Gasteiger partial charge < -0.3 is 14.6 Å². The number of hydrogen-bond donors (Lipinski definition) is 1. The normalized spacial score (nSPS) is 13.9. The number of nitrogens with one attached hydrogen (secondary N) is 1. The van der Waals surface area contributed by atoms with Crippen molar-refractivity contribution >= 4 is 5.69 Å². The molecular formula is C15H20N4O. The van der Waals surface area contributed by atoms with Crippen molar-refractivity contribution in [3.05, 3.63) is 35.4 Å². The average molecular weight is 272 g/mol. The molecule has 0 aliphatic carbocycles.